The lowest BCUT2D eigenvalue weighted by Crippen LogP contribution is -2.50. The molecular formula is C10H12ClN5S. The second-order valence-electron chi connectivity index (χ2n) is 3.15. The van der Waals surface area contributed by atoms with Crippen LogP contribution in [-0.4, -0.2) is 16.9 Å². The molecule has 0 atom stereocenters. The number of amidine groups is 1. The first-order chi connectivity index (χ1) is 8.28. The molecule has 0 saturated heterocycles. The highest BCUT2D eigenvalue weighted by Gasteiger charge is 2.07. The molecule has 0 amide bonds. The maximum Gasteiger partial charge on any atom is 0.236 e. The lowest BCUT2D eigenvalue weighted by atomic mass is 10.3. The largest absolute Gasteiger partial charge is 0.275 e. The van der Waals surface area contributed by atoms with Gasteiger partial charge in [0, 0.05) is 5.02 Å². The smallest absolute Gasteiger partial charge is 0.236 e. The van der Waals surface area contributed by atoms with Gasteiger partial charge in [0.05, 0.1) is 5.69 Å². The van der Waals surface area contributed by atoms with Crippen LogP contribution in [0.25, 0.3) is 0 Å². The van der Waals surface area contributed by atoms with Crippen molar-refractivity contribution in [2.24, 2.45) is 10.1 Å². The van der Waals surface area contributed by atoms with E-state index in [2.05, 4.69) is 33.3 Å². The first kappa shape index (κ1) is 12.1. The minimum Gasteiger partial charge on any atom is -0.275 e. The lowest BCUT2D eigenvalue weighted by Gasteiger charge is -2.17. The van der Waals surface area contributed by atoms with E-state index in [1.165, 1.54) is 0 Å². The zero-order valence-electron chi connectivity index (χ0n) is 9.20. The first-order valence-electron chi connectivity index (χ1n) is 5.10. The maximum atomic E-state index is 5.79. The molecule has 0 saturated carbocycles. The summed E-state index contributed by atoms with van der Waals surface area (Å²) in [7, 11) is 0. The van der Waals surface area contributed by atoms with Crippen molar-refractivity contribution in [3.63, 3.8) is 0 Å². The number of hydrazine groups is 1. The number of rotatable bonds is 2. The molecule has 2 rings (SSSR count). The highest BCUT2D eigenvalue weighted by Crippen LogP contribution is 2.16. The Hall–Kier alpha value is -1.40. The quantitative estimate of drug-likeness (QED) is 0.769. The van der Waals surface area contributed by atoms with Crippen molar-refractivity contribution in [3.05, 3.63) is 29.3 Å². The van der Waals surface area contributed by atoms with Gasteiger partial charge in [0.15, 0.2) is 5.17 Å². The summed E-state index contributed by atoms with van der Waals surface area (Å²) >= 11 is 7.40. The molecule has 0 bridgehead atoms. The van der Waals surface area contributed by atoms with E-state index in [-0.39, 0.29) is 0 Å². The molecule has 5 nitrogen and oxygen atoms in total. The van der Waals surface area contributed by atoms with Crippen molar-refractivity contribution >= 4 is 40.2 Å². The third-order valence-corrected chi connectivity index (χ3v) is 2.91. The van der Waals surface area contributed by atoms with Crippen LogP contribution in [0.1, 0.15) is 6.92 Å². The molecule has 1 heterocycles. The van der Waals surface area contributed by atoms with Gasteiger partial charge >= 0.3 is 0 Å². The van der Waals surface area contributed by atoms with E-state index in [1.807, 2.05) is 12.1 Å². The van der Waals surface area contributed by atoms with Crippen LogP contribution >= 0.6 is 23.4 Å². The van der Waals surface area contributed by atoms with Gasteiger partial charge in [-0.3, -0.25) is 10.9 Å². The van der Waals surface area contributed by atoms with E-state index in [0.29, 0.717) is 11.0 Å². The highest BCUT2D eigenvalue weighted by atomic mass is 35.5. The van der Waals surface area contributed by atoms with E-state index in [1.54, 1.807) is 23.9 Å². The molecule has 0 aromatic heterocycles. The summed E-state index contributed by atoms with van der Waals surface area (Å²) in [5.74, 6) is 1.51. The topological polar surface area (TPSA) is 60.8 Å². The van der Waals surface area contributed by atoms with Crippen molar-refractivity contribution in [1.82, 2.24) is 16.3 Å². The third-order valence-electron chi connectivity index (χ3n) is 1.90. The number of aliphatic imine (C=N–C) groups is 1. The van der Waals surface area contributed by atoms with Crippen molar-refractivity contribution in [3.8, 4) is 0 Å². The fourth-order valence-corrected chi connectivity index (χ4v) is 1.81. The number of nitrogens with one attached hydrogen (secondary N) is 3. The van der Waals surface area contributed by atoms with Crippen LogP contribution in [0.3, 0.4) is 0 Å². The van der Waals surface area contributed by atoms with Gasteiger partial charge in [0.25, 0.3) is 0 Å². The number of guanidine groups is 1. The Bertz CT molecular complexity index is 443. The summed E-state index contributed by atoms with van der Waals surface area (Å²) in [5.41, 5.74) is 9.49. The Morgan fingerprint density at radius 3 is 2.65 bits per heavy atom. The summed E-state index contributed by atoms with van der Waals surface area (Å²) in [6.45, 7) is 2.06. The zero-order valence-corrected chi connectivity index (χ0v) is 10.8. The Balaban J connectivity index is 2.03. The summed E-state index contributed by atoms with van der Waals surface area (Å²) in [6, 6.07) is 7.25. The van der Waals surface area contributed by atoms with E-state index < -0.39 is 0 Å². The SMILES string of the molecule is CCSC1=NNC(=Nc2ccc(Cl)cc2)NN1. The van der Waals surface area contributed by atoms with Gasteiger partial charge in [-0.05, 0) is 30.0 Å². The number of halogens is 1. The number of hydrogen-bond donors (Lipinski definition) is 3. The zero-order chi connectivity index (χ0) is 12.1. The molecule has 0 radical (unpaired) electrons. The molecule has 90 valence electrons. The maximum absolute atomic E-state index is 5.79. The number of hydrogen-bond acceptors (Lipinski definition) is 4. The molecule has 17 heavy (non-hydrogen) atoms. The van der Waals surface area contributed by atoms with Gasteiger partial charge in [0.1, 0.15) is 0 Å². The molecule has 1 aromatic rings. The molecule has 0 spiro atoms. The van der Waals surface area contributed by atoms with Crippen LogP contribution in [0.2, 0.25) is 5.02 Å². The van der Waals surface area contributed by atoms with Gasteiger partial charge in [-0.25, -0.2) is 10.4 Å². The van der Waals surface area contributed by atoms with Gasteiger partial charge in [-0.15, -0.1) is 5.10 Å². The first-order valence-corrected chi connectivity index (χ1v) is 6.47. The Kier molecular flexibility index (Phi) is 4.11. The van der Waals surface area contributed by atoms with Crippen molar-refractivity contribution in [2.75, 3.05) is 5.75 Å². The molecule has 1 aliphatic rings. The van der Waals surface area contributed by atoms with Crippen molar-refractivity contribution in [1.29, 1.82) is 0 Å². The Morgan fingerprint density at radius 1 is 1.29 bits per heavy atom. The number of thioether (sulfide) groups is 1. The number of nitrogens with zero attached hydrogens (tertiary/aromatic N) is 2. The fourth-order valence-electron chi connectivity index (χ4n) is 1.18. The predicted molar refractivity (Wildman–Crippen MR) is 73.5 cm³/mol. The second-order valence-corrected chi connectivity index (χ2v) is 4.84. The van der Waals surface area contributed by atoms with Crippen LogP contribution in [0.5, 0.6) is 0 Å². The van der Waals surface area contributed by atoms with E-state index in [4.69, 9.17) is 11.6 Å². The summed E-state index contributed by atoms with van der Waals surface area (Å²) in [4.78, 5) is 4.31. The molecule has 0 aliphatic carbocycles. The monoisotopic (exact) mass is 269 g/mol. The van der Waals surface area contributed by atoms with Crippen molar-refractivity contribution in [2.45, 2.75) is 6.92 Å². The Morgan fingerprint density at radius 2 is 2.06 bits per heavy atom. The van der Waals surface area contributed by atoms with E-state index >= 15 is 0 Å². The minimum absolute atomic E-state index is 0.549. The Labute approximate surface area is 109 Å². The standard InChI is InChI=1S/C10H12ClN5S/c1-2-17-10-15-13-9(14-16-10)12-8-5-3-7(11)4-6-8/h3-6H,2H2,1H3,(H,15,16)(H2,12,13,14). The van der Waals surface area contributed by atoms with Crippen LogP contribution in [0, 0.1) is 0 Å². The number of hydrazone groups is 1. The molecule has 1 aromatic carbocycles. The summed E-state index contributed by atoms with van der Waals surface area (Å²) < 4.78 is 0. The van der Waals surface area contributed by atoms with Gasteiger partial charge in [0.2, 0.25) is 5.96 Å². The average Bonchev–Trinajstić information content (AvgIpc) is 2.35. The second kappa shape index (κ2) is 5.79. The van der Waals surface area contributed by atoms with Gasteiger partial charge in [-0.2, -0.15) is 0 Å². The summed E-state index contributed by atoms with van der Waals surface area (Å²) in [5, 5.41) is 5.60. The van der Waals surface area contributed by atoms with Crippen LogP contribution in [0.4, 0.5) is 5.69 Å². The normalized spacial score (nSPS) is 16.8. The molecule has 1 aliphatic heterocycles. The predicted octanol–water partition coefficient (Wildman–Crippen LogP) is 2.05. The van der Waals surface area contributed by atoms with E-state index in [9.17, 15) is 0 Å². The fraction of sp³-hybridized carbons (Fsp3) is 0.200. The van der Waals surface area contributed by atoms with Gasteiger partial charge < -0.3 is 0 Å². The minimum atomic E-state index is 0.549. The van der Waals surface area contributed by atoms with Crippen LogP contribution < -0.4 is 16.3 Å². The average molecular weight is 270 g/mol. The van der Waals surface area contributed by atoms with Crippen molar-refractivity contribution < 1.29 is 0 Å². The highest BCUT2D eigenvalue weighted by molar-refractivity contribution is 8.13. The summed E-state index contributed by atoms with van der Waals surface area (Å²) in [6.07, 6.45) is 0. The van der Waals surface area contributed by atoms with Crippen LogP contribution in [-0.2, 0) is 0 Å². The van der Waals surface area contributed by atoms with Gasteiger partial charge in [-0.1, -0.05) is 30.3 Å². The number of benzene rings is 1. The third kappa shape index (κ3) is 3.54. The molecule has 7 heteroatoms. The molecular weight excluding hydrogens is 258 g/mol. The van der Waals surface area contributed by atoms with Crippen LogP contribution in [0.15, 0.2) is 34.4 Å². The lowest BCUT2D eigenvalue weighted by molar-refractivity contribution is 0.770. The van der Waals surface area contributed by atoms with E-state index in [0.717, 1.165) is 16.6 Å². The molecule has 0 unspecified atom stereocenters. The molecule has 0 fully saturated rings. The molecule has 3 N–H and O–H groups in total.